The first-order valence-corrected chi connectivity index (χ1v) is 4.37. The molecule has 0 spiro atoms. The molecule has 1 rings (SSSR count). The standard InChI is InChI=1S/C9H10N4O3/c1-6(10)11-12-9(14)7-4-2-3-5-8(7)13(15)16/h2-5H,1H3,(H2,10,11)(H,12,14). The Balaban J connectivity index is 2.90. The Hall–Kier alpha value is -2.44. The summed E-state index contributed by atoms with van der Waals surface area (Å²) < 4.78 is 0. The Bertz CT molecular complexity index is 444. The van der Waals surface area contributed by atoms with Crippen molar-refractivity contribution in [3.05, 3.63) is 39.9 Å². The number of benzene rings is 1. The highest BCUT2D eigenvalue weighted by molar-refractivity contribution is 5.98. The number of hydrazine groups is 1. The maximum atomic E-state index is 11.5. The number of hydrogen-bond acceptors (Lipinski definition) is 4. The number of para-hydroxylation sites is 1. The second kappa shape index (κ2) is 4.87. The first-order valence-electron chi connectivity index (χ1n) is 4.37. The number of carbonyl (C=O) groups excluding carboxylic acids is 1. The van der Waals surface area contributed by atoms with E-state index in [1.54, 1.807) is 0 Å². The maximum Gasteiger partial charge on any atom is 0.282 e. The predicted octanol–water partition coefficient (Wildman–Crippen LogP) is 0.826. The van der Waals surface area contributed by atoms with E-state index < -0.39 is 10.8 Å². The van der Waals surface area contributed by atoms with Crippen LogP contribution in [0.2, 0.25) is 0 Å². The second-order valence-corrected chi connectivity index (χ2v) is 2.98. The summed E-state index contributed by atoms with van der Waals surface area (Å²) in [4.78, 5) is 21.5. The summed E-state index contributed by atoms with van der Waals surface area (Å²) in [6.07, 6.45) is 0. The summed E-state index contributed by atoms with van der Waals surface area (Å²) >= 11 is 0. The molecule has 16 heavy (non-hydrogen) atoms. The summed E-state index contributed by atoms with van der Waals surface area (Å²) in [5.41, 5.74) is 4.12. The molecule has 0 heterocycles. The fourth-order valence-electron chi connectivity index (χ4n) is 1.04. The Morgan fingerprint density at radius 2 is 2.00 bits per heavy atom. The lowest BCUT2D eigenvalue weighted by atomic mass is 10.2. The van der Waals surface area contributed by atoms with Crippen LogP contribution < -0.4 is 10.9 Å². The molecule has 7 heteroatoms. The largest absolute Gasteiger partial charge is 0.287 e. The molecule has 0 radical (unpaired) electrons. The van der Waals surface area contributed by atoms with Crippen LogP contribution in [0.1, 0.15) is 17.3 Å². The minimum absolute atomic E-state index is 0.0342. The highest BCUT2D eigenvalue weighted by Crippen LogP contribution is 2.16. The van der Waals surface area contributed by atoms with E-state index in [4.69, 9.17) is 5.41 Å². The number of nitrogens with one attached hydrogen (secondary N) is 3. The van der Waals surface area contributed by atoms with E-state index >= 15 is 0 Å². The minimum Gasteiger partial charge on any atom is -0.287 e. The molecule has 0 fully saturated rings. The van der Waals surface area contributed by atoms with Gasteiger partial charge in [-0.25, -0.2) is 0 Å². The Morgan fingerprint density at radius 1 is 1.38 bits per heavy atom. The molecule has 0 aliphatic rings. The van der Waals surface area contributed by atoms with Crippen molar-refractivity contribution in [3.63, 3.8) is 0 Å². The molecule has 0 saturated carbocycles. The van der Waals surface area contributed by atoms with Gasteiger partial charge in [-0.15, -0.1) is 0 Å². The molecule has 0 bridgehead atoms. The van der Waals surface area contributed by atoms with Crippen molar-refractivity contribution in [2.75, 3.05) is 0 Å². The zero-order valence-corrected chi connectivity index (χ0v) is 8.48. The van der Waals surface area contributed by atoms with E-state index in [-0.39, 0.29) is 17.1 Å². The monoisotopic (exact) mass is 222 g/mol. The van der Waals surface area contributed by atoms with Crippen molar-refractivity contribution in [1.29, 1.82) is 5.41 Å². The third kappa shape index (κ3) is 2.77. The lowest BCUT2D eigenvalue weighted by Gasteiger charge is -2.06. The van der Waals surface area contributed by atoms with Crippen LogP contribution in [0.25, 0.3) is 0 Å². The predicted molar refractivity (Wildman–Crippen MR) is 57.1 cm³/mol. The molecular weight excluding hydrogens is 212 g/mol. The first kappa shape index (κ1) is 11.6. The van der Waals surface area contributed by atoms with Gasteiger partial charge in [0.25, 0.3) is 11.6 Å². The summed E-state index contributed by atoms with van der Waals surface area (Å²) in [7, 11) is 0. The van der Waals surface area contributed by atoms with Gasteiger partial charge in [-0.3, -0.25) is 31.2 Å². The SMILES string of the molecule is CC(=N)NNC(=O)c1ccccc1[N+](=O)[O-]. The van der Waals surface area contributed by atoms with Gasteiger partial charge in [0.1, 0.15) is 11.4 Å². The van der Waals surface area contributed by atoms with Crippen LogP contribution in [-0.2, 0) is 0 Å². The van der Waals surface area contributed by atoms with Crippen LogP contribution >= 0.6 is 0 Å². The average molecular weight is 222 g/mol. The average Bonchev–Trinajstić information content (AvgIpc) is 2.25. The normalized spacial score (nSPS) is 9.31. The van der Waals surface area contributed by atoms with Gasteiger partial charge in [0, 0.05) is 6.07 Å². The number of carbonyl (C=O) groups is 1. The van der Waals surface area contributed by atoms with Crippen molar-refractivity contribution in [2.24, 2.45) is 0 Å². The van der Waals surface area contributed by atoms with E-state index in [0.29, 0.717) is 0 Å². The molecule has 1 aromatic rings. The van der Waals surface area contributed by atoms with Crippen LogP contribution in [0, 0.1) is 15.5 Å². The number of amides is 1. The van der Waals surface area contributed by atoms with E-state index in [0.717, 1.165) is 0 Å². The van der Waals surface area contributed by atoms with Gasteiger partial charge in [-0.05, 0) is 13.0 Å². The fraction of sp³-hybridized carbons (Fsp3) is 0.111. The van der Waals surface area contributed by atoms with Crippen LogP contribution in [0.15, 0.2) is 24.3 Å². The van der Waals surface area contributed by atoms with Crippen LogP contribution in [0.4, 0.5) is 5.69 Å². The van der Waals surface area contributed by atoms with Gasteiger partial charge in [-0.1, -0.05) is 12.1 Å². The van der Waals surface area contributed by atoms with Crippen molar-refractivity contribution >= 4 is 17.4 Å². The number of amidine groups is 1. The van der Waals surface area contributed by atoms with Crippen LogP contribution in [0.5, 0.6) is 0 Å². The molecule has 0 aliphatic carbocycles. The quantitative estimate of drug-likeness (QED) is 0.298. The van der Waals surface area contributed by atoms with Crippen molar-refractivity contribution < 1.29 is 9.72 Å². The molecule has 84 valence electrons. The molecule has 3 N–H and O–H groups in total. The van der Waals surface area contributed by atoms with Gasteiger partial charge in [0.05, 0.1) is 4.92 Å². The highest BCUT2D eigenvalue weighted by Gasteiger charge is 2.18. The Kier molecular flexibility index (Phi) is 3.54. The zero-order chi connectivity index (χ0) is 12.1. The van der Waals surface area contributed by atoms with E-state index in [1.165, 1.54) is 31.2 Å². The van der Waals surface area contributed by atoms with Crippen molar-refractivity contribution in [3.8, 4) is 0 Å². The van der Waals surface area contributed by atoms with Crippen LogP contribution in [0.3, 0.4) is 0 Å². The smallest absolute Gasteiger partial charge is 0.282 e. The van der Waals surface area contributed by atoms with Crippen molar-refractivity contribution in [2.45, 2.75) is 6.92 Å². The summed E-state index contributed by atoms with van der Waals surface area (Å²) in [5.74, 6) is -0.620. The minimum atomic E-state index is -0.654. The summed E-state index contributed by atoms with van der Waals surface area (Å²) in [6.45, 7) is 1.43. The van der Waals surface area contributed by atoms with Crippen LogP contribution in [-0.4, -0.2) is 16.7 Å². The Labute approximate surface area is 91.1 Å². The Morgan fingerprint density at radius 3 is 2.56 bits per heavy atom. The number of nitro benzene ring substituents is 1. The van der Waals surface area contributed by atoms with Gasteiger partial charge >= 0.3 is 0 Å². The number of hydrogen-bond donors (Lipinski definition) is 3. The number of nitrogens with zero attached hydrogens (tertiary/aromatic N) is 1. The summed E-state index contributed by atoms with van der Waals surface area (Å²) in [6, 6.07) is 5.59. The highest BCUT2D eigenvalue weighted by atomic mass is 16.6. The summed E-state index contributed by atoms with van der Waals surface area (Å²) in [5, 5.41) is 17.7. The van der Waals surface area contributed by atoms with E-state index in [2.05, 4.69) is 10.9 Å². The van der Waals surface area contributed by atoms with E-state index in [1.807, 2.05) is 0 Å². The van der Waals surface area contributed by atoms with Gasteiger partial charge < -0.3 is 0 Å². The zero-order valence-electron chi connectivity index (χ0n) is 8.48. The maximum absolute atomic E-state index is 11.5. The fourth-order valence-corrected chi connectivity index (χ4v) is 1.04. The second-order valence-electron chi connectivity index (χ2n) is 2.98. The number of rotatable bonds is 2. The molecule has 0 atom stereocenters. The van der Waals surface area contributed by atoms with Gasteiger partial charge in [0.15, 0.2) is 0 Å². The molecule has 0 saturated heterocycles. The topological polar surface area (TPSA) is 108 Å². The third-order valence-electron chi connectivity index (χ3n) is 1.71. The molecule has 0 unspecified atom stereocenters. The lowest BCUT2D eigenvalue weighted by molar-refractivity contribution is -0.385. The molecular formula is C9H10N4O3. The molecule has 7 nitrogen and oxygen atoms in total. The third-order valence-corrected chi connectivity index (χ3v) is 1.71. The van der Waals surface area contributed by atoms with Crippen molar-refractivity contribution in [1.82, 2.24) is 10.9 Å². The first-order chi connectivity index (χ1) is 7.52. The lowest BCUT2D eigenvalue weighted by Crippen LogP contribution is -2.40. The molecule has 0 aromatic heterocycles. The molecule has 1 amide bonds. The number of nitro groups is 1. The molecule has 0 aliphatic heterocycles. The molecule has 1 aromatic carbocycles. The van der Waals surface area contributed by atoms with Gasteiger partial charge in [-0.2, -0.15) is 0 Å². The van der Waals surface area contributed by atoms with Gasteiger partial charge in [0.2, 0.25) is 0 Å². The van der Waals surface area contributed by atoms with E-state index in [9.17, 15) is 14.9 Å².